The molecule has 6 heteroatoms. The first-order valence-electron chi connectivity index (χ1n) is 7.95. The molecular formula is C18H20N4O2. The minimum atomic E-state index is -0.331. The normalized spacial score (nSPS) is 11.3. The van der Waals surface area contributed by atoms with Gasteiger partial charge >= 0.3 is 0 Å². The van der Waals surface area contributed by atoms with Crippen LogP contribution >= 0.6 is 0 Å². The zero-order valence-corrected chi connectivity index (χ0v) is 14.1. The van der Waals surface area contributed by atoms with E-state index in [1.807, 2.05) is 49.4 Å². The van der Waals surface area contributed by atoms with Crippen molar-refractivity contribution in [1.82, 2.24) is 9.99 Å². The SMILES string of the molecule is CCCN(c1c2ccccc2nc2cccc([N+](=O)[O-])c12)N(C)C. The fourth-order valence-electron chi connectivity index (χ4n) is 3.04. The number of hydrogen-bond acceptors (Lipinski definition) is 5. The highest BCUT2D eigenvalue weighted by Crippen LogP contribution is 2.39. The van der Waals surface area contributed by atoms with E-state index >= 15 is 0 Å². The summed E-state index contributed by atoms with van der Waals surface area (Å²) >= 11 is 0. The summed E-state index contributed by atoms with van der Waals surface area (Å²) in [5.41, 5.74) is 2.41. The first-order chi connectivity index (χ1) is 11.5. The molecule has 0 aliphatic rings. The second kappa shape index (κ2) is 6.41. The molecule has 2 aromatic carbocycles. The first kappa shape index (κ1) is 16.1. The molecule has 3 aromatic rings. The molecule has 0 bridgehead atoms. The van der Waals surface area contributed by atoms with Crippen molar-refractivity contribution in [3.8, 4) is 0 Å². The number of hydrazine groups is 1. The van der Waals surface area contributed by atoms with E-state index in [0.29, 0.717) is 10.9 Å². The summed E-state index contributed by atoms with van der Waals surface area (Å²) in [5, 5.41) is 17.2. The van der Waals surface area contributed by atoms with Crippen LogP contribution in [-0.2, 0) is 0 Å². The maximum Gasteiger partial charge on any atom is 0.280 e. The summed E-state index contributed by atoms with van der Waals surface area (Å²) in [6, 6.07) is 12.8. The van der Waals surface area contributed by atoms with E-state index < -0.39 is 0 Å². The molecule has 0 aliphatic heterocycles. The first-order valence-corrected chi connectivity index (χ1v) is 7.95. The molecule has 0 saturated carbocycles. The topological polar surface area (TPSA) is 62.5 Å². The van der Waals surface area contributed by atoms with Gasteiger partial charge in [-0.05, 0) is 18.6 Å². The zero-order valence-electron chi connectivity index (χ0n) is 14.1. The lowest BCUT2D eigenvalue weighted by Gasteiger charge is -2.32. The van der Waals surface area contributed by atoms with E-state index in [9.17, 15) is 10.1 Å². The van der Waals surface area contributed by atoms with Crippen LogP contribution in [0.4, 0.5) is 11.4 Å². The minimum Gasteiger partial charge on any atom is -0.305 e. The summed E-state index contributed by atoms with van der Waals surface area (Å²) in [4.78, 5) is 15.9. The number of anilines is 1. The molecule has 0 amide bonds. The minimum absolute atomic E-state index is 0.0868. The molecule has 0 radical (unpaired) electrons. The molecule has 1 aromatic heterocycles. The molecular weight excluding hydrogens is 304 g/mol. The third kappa shape index (κ3) is 2.65. The monoisotopic (exact) mass is 324 g/mol. The van der Waals surface area contributed by atoms with Crippen molar-refractivity contribution in [2.45, 2.75) is 13.3 Å². The van der Waals surface area contributed by atoms with Crippen LogP contribution in [-0.4, -0.2) is 35.6 Å². The van der Waals surface area contributed by atoms with Crippen molar-refractivity contribution in [1.29, 1.82) is 0 Å². The summed E-state index contributed by atoms with van der Waals surface area (Å²) in [6.45, 7) is 2.86. The summed E-state index contributed by atoms with van der Waals surface area (Å²) in [7, 11) is 3.90. The maximum absolute atomic E-state index is 11.6. The number of pyridine rings is 1. The van der Waals surface area contributed by atoms with Crippen molar-refractivity contribution in [3.05, 3.63) is 52.6 Å². The smallest absolute Gasteiger partial charge is 0.280 e. The van der Waals surface area contributed by atoms with Gasteiger partial charge in [-0.2, -0.15) is 0 Å². The van der Waals surface area contributed by atoms with E-state index in [1.54, 1.807) is 12.1 Å². The van der Waals surface area contributed by atoms with Gasteiger partial charge in [-0.25, -0.2) is 9.99 Å². The number of aromatic nitrogens is 1. The third-order valence-electron chi connectivity index (χ3n) is 4.03. The van der Waals surface area contributed by atoms with Gasteiger partial charge < -0.3 is 5.01 Å². The molecule has 0 fully saturated rings. The predicted molar refractivity (Wildman–Crippen MR) is 97.2 cm³/mol. The molecule has 3 rings (SSSR count). The van der Waals surface area contributed by atoms with Crippen LogP contribution in [0.1, 0.15) is 13.3 Å². The average Bonchev–Trinajstić information content (AvgIpc) is 2.57. The van der Waals surface area contributed by atoms with E-state index in [-0.39, 0.29) is 10.6 Å². The Balaban J connectivity index is 2.50. The maximum atomic E-state index is 11.6. The van der Waals surface area contributed by atoms with Crippen molar-refractivity contribution in [2.75, 3.05) is 25.6 Å². The number of hydrogen-bond donors (Lipinski definition) is 0. The number of nitro groups is 1. The van der Waals surface area contributed by atoms with Gasteiger partial charge in [0.25, 0.3) is 5.69 Å². The number of rotatable bonds is 5. The van der Waals surface area contributed by atoms with Gasteiger partial charge in [0.1, 0.15) is 5.39 Å². The Morgan fingerprint density at radius 1 is 1.08 bits per heavy atom. The second-order valence-electron chi connectivity index (χ2n) is 5.88. The quantitative estimate of drug-likeness (QED) is 0.403. The van der Waals surface area contributed by atoms with Crippen LogP contribution in [0.5, 0.6) is 0 Å². The molecule has 1 heterocycles. The van der Waals surface area contributed by atoms with E-state index in [1.165, 1.54) is 0 Å². The molecule has 6 nitrogen and oxygen atoms in total. The van der Waals surface area contributed by atoms with Crippen LogP contribution in [0.2, 0.25) is 0 Å². The lowest BCUT2D eigenvalue weighted by Crippen LogP contribution is -2.38. The average molecular weight is 324 g/mol. The molecule has 24 heavy (non-hydrogen) atoms. The van der Waals surface area contributed by atoms with Crippen molar-refractivity contribution in [3.63, 3.8) is 0 Å². The van der Waals surface area contributed by atoms with Gasteiger partial charge in [-0.1, -0.05) is 31.2 Å². The Morgan fingerprint density at radius 3 is 2.46 bits per heavy atom. The summed E-state index contributed by atoms with van der Waals surface area (Å²) in [6.07, 6.45) is 0.928. The van der Waals surface area contributed by atoms with Gasteiger partial charge in [0.2, 0.25) is 0 Å². The van der Waals surface area contributed by atoms with Crippen LogP contribution in [0.15, 0.2) is 42.5 Å². The number of benzene rings is 2. The van der Waals surface area contributed by atoms with Crippen molar-refractivity contribution >= 4 is 33.2 Å². The van der Waals surface area contributed by atoms with E-state index in [4.69, 9.17) is 0 Å². The molecule has 0 spiro atoms. The van der Waals surface area contributed by atoms with Crippen molar-refractivity contribution < 1.29 is 4.92 Å². The van der Waals surface area contributed by atoms with Crippen LogP contribution in [0.25, 0.3) is 21.8 Å². The highest BCUT2D eigenvalue weighted by atomic mass is 16.6. The van der Waals surface area contributed by atoms with Gasteiger partial charge in [0, 0.05) is 32.1 Å². The Labute approximate surface area is 140 Å². The number of non-ortho nitro benzene ring substituents is 1. The molecule has 124 valence electrons. The Hall–Kier alpha value is -2.73. The zero-order chi connectivity index (χ0) is 17.3. The molecule has 0 atom stereocenters. The standard InChI is InChI=1S/C18H20N4O2/c1-4-12-21(20(2)3)18-13-8-5-6-9-14(13)19-15-10-7-11-16(17(15)18)22(23)24/h5-11H,4,12H2,1-3H3. The lowest BCUT2D eigenvalue weighted by atomic mass is 10.1. The van der Waals surface area contributed by atoms with Crippen LogP contribution < -0.4 is 5.01 Å². The van der Waals surface area contributed by atoms with Gasteiger partial charge in [0.15, 0.2) is 0 Å². The Bertz CT molecular complexity index is 908. The highest BCUT2D eigenvalue weighted by molar-refractivity contribution is 6.11. The molecule has 0 unspecified atom stereocenters. The van der Waals surface area contributed by atoms with Gasteiger partial charge in [-0.15, -0.1) is 0 Å². The Morgan fingerprint density at radius 2 is 1.79 bits per heavy atom. The van der Waals surface area contributed by atoms with Crippen LogP contribution in [0, 0.1) is 10.1 Å². The number of nitro benzene ring substituents is 1. The third-order valence-corrected chi connectivity index (χ3v) is 4.03. The van der Waals surface area contributed by atoms with Crippen LogP contribution in [0.3, 0.4) is 0 Å². The fraction of sp³-hybridized carbons (Fsp3) is 0.278. The number of nitrogens with zero attached hydrogens (tertiary/aromatic N) is 4. The lowest BCUT2D eigenvalue weighted by molar-refractivity contribution is -0.383. The fourth-order valence-corrected chi connectivity index (χ4v) is 3.04. The molecule has 0 aliphatic carbocycles. The molecule has 0 N–H and O–H groups in total. The van der Waals surface area contributed by atoms with E-state index in [0.717, 1.165) is 29.6 Å². The van der Waals surface area contributed by atoms with E-state index in [2.05, 4.69) is 16.9 Å². The largest absolute Gasteiger partial charge is 0.305 e. The second-order valence-corrected chi connectivity index (χ2v) is 5.88. The van der Waals surface area contributed by atoms with Crippen molar-refractivity contribution in [2.24, 2.45) is 0 Å². The molecule has 0 saturated heterocycles. The summed E-state index contributed by atoms with van der Waals surface area (Å²) < 4.78 is 0. The Kier molecular flexibility index (Phi) is 4.31. The van der Waals surface area contributed by atoms with Gasteiger partial charge in [-0.3, -0.25) is 10.1 Å². The summed E-state index contributed by atoms with van der Waals surface area (Å²) in [5.74, 6) is 0. The number of fused-ring (bicyclic) bond motifs is 2. The highest BCUT2D eigenvalue weighted by Gasteiger charge is 2.23. The van der Waals surface area contributed by atoms with Gasteiger partial charge in [0.05, 0.1) is 21.6 Å². The number of para-hydroxylation sites is 1. The predicted octanol–water partition coefficient (Wildman–Crippen LogP) is 3.99.